The molecule has 7 heteroatoms. The molecule has 0 radical (unpaired) electrons. The molecule has 1 saturated heterocycles. The average Bonchev–Trinajstić information content (AvgIpc) is 3.02. The summed E-state index contributed by atoms with van der Waals surface area (Å²) in [5.74, 6) is -0.388. The maximum atomic E-state index is 12.5. The number of rotatable bonds is 5. The first-order valence-corrected chi connectivity index (χ1v) is 7.80. The van der Waals surface area contributed by atoms with Gasteiger partial charge in [0.1, 0.15) is 6.04 Å². The van der Waals surface area contributed by atoms with Crippen LogP contribution in [0.25, 0.3) is 5.69 Å². The smallest absolute Gasteiger partial charge is 0.325 e. The van der Waals surface area contributed by atoms with E-state index in [0.717, 1.165) is 27.5 Å². The van der Waals surface area contributed by atoms with E-state index >= 15 is 0 Å². The summed E-state index contributed by atoms with van der Waals surface area (Å²) in [6, 6.07) is 8.18. The summed E-state index contributed by atoms with van der Waals surface area (Å²) in [6.45, 7) is 3.34. The van der Waals surface area contributed by atoms with Gasteiger partial charge >= 0.3 is 6.03 Å². The lowest BCUT2D eigenvalue weighted by atomic mass is 10.1. The topological polar surface area (TPSA) is 67.2 Å². The third-order valence-electron chi connectivity index (χ3n) is 4.06. The standard InChI is InChI=1S/C17H19FN4O2/c1-11-9-12(2)22(20-11)15-6-4-3-5-13(15)10-21-16(23)14(7-8-18)19-17(21)24/h3-6,9,14H,7-8,10H2,1-2H3,(H,19,24). The minimum Gasteiger partial charge on any atom is -0.326 e. The van der Waals surface area contributed by atoms with Crippen LogP contribution in [0.4, 0.5) is 9.18 Å². The molecule has 3 amide bonds. The first-order valence-electron chi connectivity index (χ1n) is 7.80. The Balaban J connectivity index is 1.90. The molecule has 0 saturated carbocycles. The molecule has 1 fully saturated rings. The van der Waals surface area contributed by atoms with Crippen molar-refractivity contribution >= 4 is 11.9 Å². The van der Waals surface area contributed by atoms with E-state index < -0.39 is 18.7 Å². The maximum absolute atomic E-state index is 12.5. The van der Waals surface area contributed by atoms with Gasteiger partial charge in [-0.1, -0.05) is 18.2 Å². The van der Waals surface area contributed by atoms with Crippen LogP contribution < -0.4 is 5.32 Å². The third-order valence-corrected chi connectivity index (χ3v) is 4.06. The molecule has 24 heavy (non-hydrogen) atoms. The van der Waals surface area contributed by atoms with E-state index in [1.807, 2.05) is 44.2 Å². The van der Waals surface area contributed by atoms with Crippen molar-refractivity contribution in [2.75, 3.05) is 6.67 Å². The Labute approximate surface area is 139 Å². The van der Waals surface area contributed by atoms with E-state index in [0.29, 0.717) is 0 Å². The molecule has 1 aliphatic heterocycles. The van der Waals surface area contributed by atoms with Crippen LogP contribution in [-0.4, -0.2) is 39.3 Å². The number of hydrogen-bond acceptors (Lipinski definition) is 3. The highest BCUT2D eigenvalue weighted by Gasteiger charge is 2.37. The number of aromatic nitrogens is 2. The minimum atomic E-state index is -0.775. The molecule has 6 nitrogen and oxygen atoms in total. The molecule has 1 aliphatic rings. The number of alkyl halides is 1. The van der Waals surface area contributed by atoms with Gasteiger partial charge in [0, 0.05) is 12.1 Å². The van der Waals surface area contributed by atoms with Gasteiger partial charge in [-0.3, -0.25) is 14.1 Å². The Morgan fingerprint density at radius 2 is 2.00 bits per heavy atom. The molecular weight excluding hydrogens is 311 g/mol. The van der Waals surface area contributed by atoms with Crippen LogP contribution in [0.3, 0.4) is 0 Å². The first-order chi connectivity index (χ1) is 11.5. The van der Waals surface area contributed by atoms with E-state index in [4.69, 9.17) is 0 Å². The van der Waals surface area contributed by atoms with Gasteiger partial charge in [0.05, 0.1) is 24.6 Å². The molecule has 1 N–H and O–H groups in total. The lowest BCUT2D eigenvalue weighted by Gasteiger charge is -2.16. The highest BCUT2D eigenvalue weighted by molar-refractivity contribution is 6.04. The summed E-state index contributed by atoms with van der Waals surface area (Å²) in [5.41, 5.74) is 3.47. The Bertz CT molecular complexity index is 787. The molecule has 0 spiro atoms. The summed E-state index contributed by atoms with van der Waals surface area (Å²) in [6.07, 6.45) is 0.000178. The van der Waals surface area contributed by atoms with Crippen LogP contribution in [0.5, 0.6) is 0 Å². The van der Waals surface area contributed by atoms with Crippen LogP contribution in [-0.2, 0) is 11.3 Å². The predicted molar refractivity (Wildman–Crippen MR) is 86.5 cm³/mol. The van der Waals surface area contributed by atoms with Crippen molar-refractivity contribution < 1.29 is 14.0 Å². The Morgan fingerprint density at radius 1 is 1.25 bits per heavy atom. The number of carbonyl (C=O) groups excluding carboxylic acids is 2. The number of imide groups is 1. The lowest BCUT2D eigenvalue weighted by molar-refractivity contribution is -0.128. The molecule has 2 heterocycles. The maximum Gasteiger partial charge on any atom is 0.325 e. The zero-order chi connectivity index (χ0) is 17.3. The average molecular weight is 330 g/mol. The first kappa shape index (κ1) is 16.2. The Hall–Kier alpha value is -2.70. The predicted octanol–water partition coefficient (Wildman–Crippen LogP) is 2.27. The second kappa shape index (κ2) is 6.43. The second-order valence-electron chi connectivity index (χ2n) is 5.87. The number of nitrogens with zero attached hydrogens (tertiary/aromatic N) is 3. The number of urea groups is 1. The number of para-hydroxylation sites is 1. The van der Waals surface area contributed by atoms with Crippen molar-refractivity contribution in [2.24, 2.45) is 0 Å². The van der Waals surface area contributed by atoms with Crippen molar-refractivity contribution in [1.82, 2.24) is 20.0 Å². The lowest BCUT2D eigenvalue weighted by Crippen LogP contribution is -2.31. The molecule has 1 unspecified atom stereocenters. The number of nitrogens with one attached hydrogen (secondary N) is 1. The molecule has 3 rings (SSSR count). The zero-order valence-electron chi connectivity index (χ0n) is 13.6. The molecule has 0 aliphatic carbocycles. The van der Waals surface area contributed by atoms with E-state index in [9.17, 15) is 14.0 Å². The van der Waals surface area contributed by atoms with Crippen LogP contribution in [0, 0.1) is 13.8 Å². The fraction of sp³-hybridized carbons (Fsp3) is 0.353. The molecular formula is C17H19FN4O2. The highest BCUT2D eigenvalue weighted by Crippen LogP contribution is 2.21. The van der Waals surface area contributed by atoms with Crippen LogP contribution >= 0.6 is 0 Å². The van der Waals surface area contributed by atoms with Crippen LogP contribution in [0.2, 0.25) is 0 Å². The summed E-state index contributed by atoms with van der Waals surface area (Å²) in [4.78, 5) is 25.5. The van der Waals surface area contributed by atoms with Crippen LogP contribution in [0.15, 0.2) is 30.3 Å². The number of benzene rings is 1. The van der Waals surface area contributed by atoms with Crippen molar-refractivity contribution in [1.29, 1.82) is 0 Å². The molecule has 1 aromatic carbocycles. The summed E-state index contributed by atoms with van der Waals surface area (Å²) >= 11 is 0. The van der Waals surface area contributed by atoms with Crippen molar-refractivity contribution in [3.8, 4) is 5.69 Å². The van der Waals surface area contributed by atoms with Gasteiger partial charge in [0.2, 0.25) is 0 Å². The number of carbonyl (C=O) groups is 2. The van der Waals surface area contributed by atoms with E-state index in [1.165, 1.54) is 0 Å². The van der Waals surface area contributed by atoms with Crippen molar-refractivity contribution in [2.45, 2.75) is 32.9 Å². The summed E-state index contributed by atoms with van der Waals surface area (Å²) in [5, 5.41) is 6.99. The highest BCUT2D eigenvalue weighted by atomic mass is 19.1. The van der Waals surface area contributed by atoms with Gasteiger partial charge in [-0.15, -0.1) is 0 Å². The monoisotopic (exact) mass is 330 g/mol. The zero-order valence-corrected chi connectivity index (χ0v) is 13.6. The van der Waals surface area contributed by atoms with Gasteiger partial charge in [0.25, 0.3) is 5.91 Å². The van der Waals surface area contributed by atoms with E-state index in [1.54, 1.807) is 4.68 Å². The number of aryl methyl sites for hydroxylation is 2. The summed E-state index contributed by atoms with van der Waals surface area (Å²) < 4.78 is 14.3. The largest absolute Gasteiger partial charge is 0.326 e. The number of amides is 3. The van der Waals surface area contributed by atoms with Gasteiger partial charge < -0.3 is 5.32 Å². The third kappa shape index (κ3) is 2.89. The van der Waals surface area contributed by atoms with E-state index in [-0.39, 0.29) is 18.9 Å². The van der Waals surface area contributed by atoms with Crippen molar-refractivity contribution in [3.63, 3.8) is 0 Å². The van der Waals surface area contributed by atoms with Crippen molar-refractivity contribution in [3.05, 3.63) is 47.3 Å². The van der Waals surface area contributed by atoms with Gasteiger partial charge in [-0.25, -0.2) is 9.48 Å². The molecule has 1 atom stereocenters. The van der Waals surface area contributed by atoms with Gasteiger partial charge in [0.15, 0.2) is 0 Å². The fourth-order valence-electron chi connectivity index (χ4n) is 2.93. The van der Waals surface area contributed by atoms with Crippen LogP contribution in [0.1, 0.15) is 23.4 Å². The molecule has 0 bridgehead atoms. The quantitative estimate of drug-likeness (QED) is 0.855. The number of hydrogen-bond donors (Lipinski definition) is 1. The fourth-order valence-corrected chi connectivity index (χ4v) is 2.93. The SMILES string of the molecule is Cc1cc(C)n(-c2ccccc2CN2C(=O)NC(CCF)C2=O)n1. The van der Waals surface area contributed by atoms with E-state index in [2.05, 4.69) is 10.4 Å². The molecule has 1 aromatic heterocycles. The second-order valence-corrected chi connectivity index (χ2v) is 5.87. The van der Waals surface area contributed by atoms with Gasteiger partial charge in [-0.05, 0) is 31.5 Å². The summed E-state index contributed by atoms with van der Waals surface area (Å²) in [7, 11) is 0. The van der Waals surface area contributed by atoms with Gasteiger partial charge in [-0.2, -0.15) is 5.10 Å². The molecule has 2 aromatic rings. The normalized spacial score (nSPS) is 17.5. The Morgan fingerprint density at radius 3 is 2.67 bits per heavy atom. The minimum absolute atomic E-state index is 0.000178. The number of halogens is 1. The Kier molecular flexibility index (Phi) is 4.33. The molecule has 126 valence electrons.